The fraction of sp³-hybridized carbons (Fsp3) is 0.455. The van der Waals surface area contributed by atoms with Crippen LogP contribution in [-0.2, 0) is 12.0 Å². The summed E-state index contributed by atoms with van der Waals surface area (Å²) in [5.41, 5.74) is 4.75. The maximum atomic E-state index is 8.50. The van der Waals surface area contributed by atoms with Crippen molar-refractivity contribution in [3.63, 3.8) is 0 Å². The second-order valence-corrected chi connectivity index (χ2v) is 4.28. The predicted molar refractivity (Wildman–Crippen MR) is 53.8 cm³/mol. The number of hydrogen-bond acceptors (Lipinski definition) is 2. The van der Waals surface area contributed by atoms with Crippen LogP contribution in [0.25, 0.3) is 0 Å². The molecule has 2 nitrogen and oxygen atoms in total. The summed E-state index contributed by atoms with van der Waals surface area (Å²) in [4.78, 5) is 0. The summed E-state index contributed by atoms with van der Waals surface area (Å²) in [6.45, 7) is 7.06. The van der Waals surface area contributed by atoms with Crippen LogP contribution >= 0.6 is 0 Å². The first-order valence-corrected chi connectivity index (χ1v) is 4.50. The van der Waals surface area contributed by atoms with Crippen molar-refractivity contribution < 1.29 is 5.21 Å². The van der Waals surface area contributed by atoms with Crippen LogP contribution in [-0.4, -0.2) is 5.21 Å². The maximum absolute atomic E-state index is 8.50. The van der Waals surface area contributed by atoms with Crippen molar-refractivity contribution in [2.45, 2.75) is 32.7 Å². The number of rotatable bonds is 2. The minimum absolute atomic E-state index is 0.200. The molecule has 0 fully saturated rings. The molecule has 0 aliphatic carbocycles. The van der Waals surface area contributed by atoms with Gasteiger partial charge in [-0.3, -0.25) is 0 Å². The highest BCUT2D eigenvalue weighted by Gasteiger charge is 2.12. The lowest BCUT2D eigenvalue weighted by Crippen LogP contribution is -2.11. The summed E-state index contributed by atoms with van der Waals surface area (Å²) in [5.74, 6) is 0. The van der Waals surface area contributed by atoms with E-state index in [1.54, 1.807) is 0 Å². The summed E-state index contributed by atoms with van der Waals surface area (Å²) in [5, 5.41) is 8.50. The fourth-order valence-electron chi connectivity index (χ4n) is 1.21. The lowest BCUT2D eigenvalue weighted by molar-refractivity contribution is 0.161. The van der Waals surface area contributed by atoms with Crippen molar-refractivity contribution in [1.29, 1.82) is 0 Å². The van der Waals surface area contributed by atoms with Gasteiger partial charge >= 0.3 is 0 Å². The zero-order chi connectivity index (χ0) is 9.90. The highest BCUT2D eigenvalue weighted by molar-refractivity contribution is 5.27. The first-order valence-electron chi connectivity index (χ1n) is 4.50. The average molecular weight is 179 g/mol. The molecule has 0 amide bonds. The van der Waals surface area contributed by atoms with Crippen molar-refractivity contribution >= 4 is 0 Å². The summed E-state index contributed by atoms with van der Waals surface area (Å²) in [7, 11) is 0. The molecule has 1 rings (SSSR count). The molecular weight excluding hydrogens is 162 g/mol. The Bertz CT molecular complexity index is 258. The van der Waals surface area contributed by atoms with E-state index in [4.69, 9.17) is 5.21 Å². The van der Waals surface area contributed by atoms with Gasteiger partial charge in [0.15, 0.2) is 0 Å². The van der Waals surface area contributed by atoms with Crippen molar-refractivity contribution in [3.05, 3.63) is 35.4 Å². The second kappa shape index (κ2) is 3.90. The van der Waals surface area contributed by atoms with Crippen molar-refractivity contribution in [2.75, 3.05) is 0 Å². The first kappa shape index (κ1) is 10.2. The standard InChI is InChI=1S/C11H17NO/c1-11(2,3)10-6-4-9(5-7-10)8-12-13/h4-7,12-13H,8H2,1-3H3. The SMILES string of the molecule is CC(C)(C)c1ccc(CNO)cc1. The molecule has 0 spiro atoms. The topological polar surface area (TPSA) is 32.3 Å². The Balaban J connectivity index is 2.81. The summed E-state index contributed by atoms with van der Waals surface area (Å²) in [6.07, 6.45) is 0. The monoisotopic (exact) mass is 179 g/mol. The smallest absolute Gasteiger partial charge is 0.0458 e. The fourth-order valence-corrected chi connectivity index (χ4v) is 1.21. The summed E-state index contributed by atoms with van der Waals surface area (Å²) < 4.78 is 0. The van der Waals surface area contributed by atoms with Crippen LogP contribution in [0.15, 0.2) is 24.3 Å². The van der Waals surface area contributed by atoms with E-state index < -0.39 is 0 Å². The lowest BCUT2D eigenvalue weighted by atomic mass is 9.87. The minimum atomic E-state index is 0.200. The summed E-state index contributed by atoms with van der Waals surface area (Å²) >= 11 is 0. The third kappa shape index (κ3) is 2.83. The van der Waals surface area contributed by atoms with Crippen molar-refractivity contribution in [3.8, 4) is 0 Å². The van der Waals surface area contributed by atoms with E-state index in [0.29, 0.717) is 6.54 Å². The number of nitrogens with one attached hydrogen (secondary N) is 1. The van der Waals surface area contributed by atoms with Crippen LogP contribution in [0, 0.1) is 0 Å². The van der Waals surface area contributed by atoms with E-state index in [-0.39, 0.29) is 5.41 Å². The Morgan fingerprint density at radius 3 is 2.08 bits per heavy atom. The molecule has 0 atom stereocenters. The Labute approximate surface area is 79.6 Å². The van der Waals surface area contributed by atoms with Crippen LogP contribution in [0.1, 0.15) is 31.9 Å². The number of hydroxylamine groups is 1. The number of benzene rings is 1. The van der Waals surface area contributed by atoms with Crippen molar-refractivity contribution in [1.82, 2.24) is 5.48 Å². The molecule has 0 saturated carbocycles. The van der Waals surface area contributed by atoms with Gasteiger partial charge in [0, 0.05) is 6.54 Å². The summed E-state index contributed by atoms with van der Waals surface area (Å²) in [6, 6.07) is 8.27. The normalized spacial score (nSPS) is 11.7. The van der Waals surface area contributed by atoms with Gasteiger partial charge in [-0.1, -0.05) is 45.0 Å². The molecule has 1 aromatic rings. The molecule has 0 saturated heterocycles. The molecule has 13 heavy (non-hydrogen) atoms. The predicted octanol–water partition coefficient (Wildman–Crippen LogP) is 2.46. The van der Waals surface area contributed by atoms with E-state index in [1.807, 2.05) is 12.1 Å². The van der Waals surface area contributed by atoms with Crippen LogP contribution in [0.3, 0.4) is 0 Å². The van der Waals surface area contributed by atoms with Gasteiger partial charge in [-0.15, -0.1) is 0 Å². The van der Waals surface area contributed by atoms with E-state index in [1.165, 1.54) is 5.56 Å². The van der Waals surface area contributed by atoms with Gasteiger partial charge in [0.25, 0.3) is 0 Å². The lowest BCUT2D eigenvalue weighted by Gasteiger charge is -2.19. The Hall–Kier alpha value is -0.860. The average Bonchev–Trinajstić information content (AvgIpc) is 2.04. The maximum Gasteiger partial charge on any atom is 0.0458 e. The first-order chi connectivity index (χ1) is 6.04. The zero-order valence-electron chi connectivity index (χ0n) is 8.46. The second-order valence-electron chi connectivity index (χ2n) is 4.28. The molecule has 2 N–H and O–H groups in total. The quantitative estimate of drug-likeness (QED) is 0.683. The number of hydrogen-bond donors (Lipinski definition) is 2. The van der Waals surface area contributed by atoms with Gasteiger partial charge in [0.05, 0.1) is 0 Å². The van der Waals surface area contributed by atoms with Gasteiger partial charge in [-0.2, -0.15) is 0 Å². The molecule has 2 heteroatoms. The van der Waals surface area contributed by atoms with E-state index >= 15 is 0 Å². The third-order valence-corrected chi connectivity index (χ3v) is 2.10. The molecule has 0 aliphatic heterocycles. The third-order valence-electron chi connectivity index (χ3n) is 2.10. The molecule has 0 radical (unpaired) electrons. The van der Waals surface area contributed by atoms with Crippen LogP contribution in [0.5, 0.6) is 0 Å². The van der Waals surface area contributed by atoms with Gasteiger partial charge in [0.1, 0.15) is 0 Å². The van der Waals surface area contributed by atoms with E-state index in [9.17, 15) is 0 Å². The molecule has 1 aromatic carbocycles. The van der Waals surface area contributed by atoms with Crippen LogP contribution in [0.2, 0.25) is 0 Å². The molecule has 0 bridgehead atoms. The Morgan fingerprint density at radius 1 is 1.15 bits per heavy atom. The van der Waals surface area contributed by atoms with Gasteiger partial charge < -0.3 is 5.21 Å². The minimum Gasteiger partial charge on any atom is -0.316 e. The van der Waals surface area contributed by atoms with Gasteiger partial charge in [0.2, 0.25) is 0 Å². The Morgan fingerprint density at radius 2 is 1.69 bits per heavy atom. The van der Waals surface area contributed by atoms with Crippen LogP contribution in [0.4, 0.5) is 0 Å². The Kier molecular flexibility index (Phi) is 3.07. The molecular formula is C11H17NO. The molecule has 0 aliphatic rings. The molecule has 0 unspecified atom stereocenters. The zero-order valence-corrected chi connectivity index (χ0v) is 8.46. The van der Waals surface area contributed by atoms with E-state index in [2.05, 4.69) is 38.4 Å². The largest absolute Gasteiger partial charge is 0.316 e. The molecule has 0 heterocycles. The van der Waals surface area contributed by atoms with Crippen LogP contribution < -0.4 is 5.48 Å². The highest BCUT2D eigenvalue weighted by Crippen LogP contribution is 2.21. The molecule has 0 aromatic heterocycles. The highest BCUT2D eigenvalue weighted by atomic mass is 16.5. The van der Waals surface area contributed by atoms with Gasteiger partial charge in [-0.25, -0.2) is 5.48 Å². The van der Waals surface area contributed by atoms with Gasteiger partial charge in [-0.05, 0) is 16.5 Å². The molecule has 72 valence electrons. The van der Waals surface area contributed by atoms with E-state index in [0.717, 1.165) is 5.56 Å². The van der Waals surface area contributed by atoms with Crippen molar-refractivity contribution in [2.24, 2.45) is 0 Å².